The van der Waals surface area contributed by atoms with Crippen molar-refractivity contribution in [2.45, 2.75) is 50.9 Å². The Balaban J connectivity index is 1.30. The van der Waals surface area contributed by atoms with Gasteiger partial charge in [0.2, 0.25) is 10.0 Å². The second-order valence-electron chi connectivity index (χ2n) is 8.57. The van der Waals surface area contributed by atoms with Gasteiger partial charge in [-0.25, -0.2) is 22.5 Å². The molecule has 3 aromatic rings. The lowest BCUT2D eigenvalue weighted by atomic mass is 9.93. The summed E-state index contributed by atoms with van der Waals surface area (Å²) >= 11 is 0. The van der Waals surface area contributed by atoms with E-state index < -0.39 is 15.3 Å². The summed E-state index contributed by atoms with van der Waals surface area (Å²) in [5.41, 5.74) is 2.51. The van der Waals surface area contributed by atoms with Crippen LogP contribution in [0.4, 0.5) is 10.2 Å². The minimum absolute atomic E-state index is 0.282. The average molecular weight is 474 g/mol. The third-order valence-corrected chi connectivity index (χ3v) is 7.46. The molecule has 9 nitrogen and oxygen atoms in total. The average Bonchev–Trinajstić information content (AvgIpc) is 3.22. The number of nitrogens with zero attached hydrogens (tertiary/aromatic N) is 6. The number of hydrogen-bond donors (Lipinski definition) is 1. The van der Waals surface area contributed by atoms with E-state index >= 15 is 0 Å². The van der Waals surface area contributed by atoms with Crippen molar-refractivity contribution >= 4 is 15.8 Å². The van der Waals surface area contributed by atoms with Crippen LogP contribution in [0.2, 0.25) is 0 Å². The maximum atomic E-state index is 13.0. The number of hydrogen-bond acceptors (Lipinski definition) is 7. The molecule has 33 heavy (non-hydrogen) atoms. The van der Waals surface area contributed by atoms with Crippen LogP contribution in [0.5, 0.6) is 0 Å². The summed E-state index contributed by atoms with van der Waals surface area (Å²) < 4.78 is 41.5. The van der Waals surface area contributed by atoms with E-state index in [2.05, 4.69) is 29.9 Å². The number of likely N-dealkylation sites (tertiary alicyclic amines) is 1. The van der Waals surface area contributed by atoms with Crippen molar-refractivity contribution in [1.82, 2.24) is 29.9 Å². The van der Waals surface area contributed by atoms with Crippen LogP contribution in [-0.4, -0.2) is 56.6 Å². The van der Waals surface area contributed by atoms with Crippen molar-refractivity contribution in [3.8, 4) is 0 Å². The highest BCUT2D eigenvalue weighted by molar-refractivity contribution is 7.93. The lowest BCUT2D eigenvalue weighted by Crippen LogP contribution is -2.33. The molecule has 0 atom stereocenters. The van der Waals surface area contributed by atoms with Crippen LogP contribution in [-0.2, 0) is 23.1 Å². The highest BCUT2D eigenvalue weighted by atomic mass is 32.2. The number of anilines is 1. The van der Waals surface area contributed by atoms with Crippen molar-refractivity contribution in [2.75, 3.05) is 17.8 Å². The molecule has 0 aromatic carbocycles. The molecule has 1 aliphatic rings. The molecule has 0 unspecified atom stereocenters. The Morgan fingerprint density at radius 2 is 1.91 bits per heavy atom. The van der Waals surface area contributed by atoms with E-state index in [9.17, 15) is 12.8 Å². The summed E-state index contributed by atoms with van der Waals surface area (Å²) in [6.45, 7) is 6.20. The molecule has 0 bridgehead atoms. The lowest BCUT2D eigenvalue weighted by molar-refractivity contribution is 0.201. The molecule has 0 spiro atoms. The van der Waals surface area contributed by atoms with Crippen molar-refractivity contribution in [1.29, 1.82) is 0 Å². The van der Waals surface area contributed by atoms with Crippen LogP contribution >= 0.6 is 0 Å². The Morgan fingerprint density at radius 3 is 2.61 bits per heavy atom. The third kappa shape index (κ3) is 6.11. The van der Waals surface area contributed by atoms with Gasteiger partial charge < -0.3 is 0 Å². The van der Waals surface area contributed by atoms with Crippen LogP contribution in [0.1, 0.15) is 49.7 Å². The number of sulfonamides is 1. The summed E-state index contributed by atoms with van der Waals surface area (Å²) in [6, 6.07) is 8.51. The lowest BCUT2D eigenvalue weighted by Gasteiger charge is -2.31. The maximum Gasteiger partial charge on any atom is 0.236 e. The fourth-order valence-corrected chi connectivity index (χ4v) is 4.41. The van der Waals surface area contributed by atoms with Crippen LogP contribution in [0.15, 0.2) is 42.7 Å². The van der Waals surface area contributed by atoms with Crippen molar-refractivity contribution in [3.05, 3.63) is 65.6 Å². The first-order valence-corrected chi connectivity index (χ1v) is 12.5. The molecule has 1 fully saturated rings. The minimum Gasteiger partial charge on any atom is -0.297 e. The fraction of sp³-hybridized carbons (Fsp3) is 0.455. The number of piperidine rings is 1. The Hall–Kier alpha value is -2.92. The molecule has 4 heterocycles. The molecular weight excluding hydrogens is 445 g/mol. The summed E-state index contributed by atoms with van der Waals surface area (Å²) in [7, 11) is -3.42. The third-order valence-electron chi connectivity index (χ3n) is 5.73. The van der Waals surface area contributed by atoms with E-state index in [0.29, 0.717) is 18.9 Å². The van der Waals surface area contributed by atoms with E-state index in [-0.39, 0.29) is 11.7 Å². The second-order valence-corrected chi connectivity index (χ2v) is 10.8. The van der Waals surface area contributed by atoms with Gasteiger partial charge in [-0.15, -0.1) is 5.10 Å². The molecule has 0 saturated carbocycles. The zero-order valence-corrected chi connectivity index (χ0v) is 19.5. The first kappa shape index (κ1) is 23.2. The highest BCUT2D eigenvalue weighted by Crippen LogP contribution is 2.28. The number of pyridine rings is 2. The normalized spacial score (nSPS) is 15.8. The van der Waals surface area contributed by atoms with Gasteiger partial charge in [-0.05, 0) is 64.0 Å². The van der Waals surface area contributed by atoms with Crippen molar-refractivity contribution in [3.63, 3.8) is 0 Å². The Kier molecular flexibility index (Phi) is 6.99. The van der Waals surface area contributed by atoms with E-state index in [1.54, 1.807) is 30.7 Å². The molecule has 0 amide bonds. The maximum absolute atomic E-state index is 13.0. The highest BCUT2D eigenvalue weighted by Gasteiger charge is 2.23. The molecule has 0 radical (unpaired) electrons. The van der Waals surface area contributed by atoms with Crippen LogP contribution in [0.25, 0.3) is 0 Å². The molecule has 1 saturated heterocycles. The van der Waals surface area contributed by atoms with E-state index in [0.717, 1.165) is 43.0 Å². The number of aromatic nitrogens is 5. The van der Waals surface area contributed by atoms with E-state index in [4.69, 9.17) is 0 Å². The zero-order chi connectivity index (χ0) is 23.4. The summed E-state index contributed by atoms with van der Waals surface area (Å²) in [6.07, 6.45) is 4.95. The number of nitrogens with one attached hydrogen (secondary N) is 1. The molecule has 0 aliphatic carbocycles. The smallest absolute Gasteiger partial charge is 0.236 e. The first-order chi connectivity index (χ1) is 15.8. The van der Waals surface area contributed by atoms with Gasteiger partial charge in [0.15, 0.2) is 0 Å². The Morgan fingerprint density at radius 1 is 1.12 bits per heavy atom. The van der Waals surface area contributed by atoms with Gasteiger partial charge in [0, 0.05) is 18.2 Å². The monoisotopic (exact) mass is 473 g/mol. The SMILES string of the molecule is CC(C)S(=O)(=O)Nc1cccc(C2CCN(Cc3cn(Cc4ccc(F)cn4)nn3)CC2)n1. The van der Waals surface area contributed by atoms with Crippen LogP contribution < -0.4 is 4.72 Å². The van der Waals surface area contributed by atoms with Gasteiger partial charge in [-0.1, -0.05) is 11.3 Å². The van der Waals surface area contributed by atoms with Crippen molar-refractivity contribution in [2.24, 2.45) is 0 Å². The molecular formula is C22H28FN7O2S. The molecule has 4 rings (SSSR count). The van der Waals surface area contributed by atoms with Crippen molar-refractivity contribution < 1.29 is 12.8 Å². The van der Waals surface area contributed by atoms with Gasteiger partial charge in [-0.2, -0.15) is 0 Å². The quantitative estimate of drug-likeness (QED) is 0.536. The predicted octanol–water partition coefficient (Wildman–Crippen LogP) is 2.79. The number of rotatable bonds is 8. The molecule has 1 aliphatic heterocycles. The van der Waals surface area contributed by atoms with Gasteiger partial charge >= 0.3 is 0 Å². The van der Waals surface area contributed by atoms with Gasteiger partial charge in [0.25, 0.3) is 0 Å². The summed E-state index contributed by atoms with van der Waals surface area (Å²) in [4.78, 5) is 10.9. The number of halogens is 1. The van der Waals surface area contributed by atoms with E-state index in [1.807, 2.05) is 18.3 Å². The summed E-state index contributed by atoms with van der Waals surface area (Å²) in [5.74, 6) is 0.293. The Bertz CT molecular complexity index is 1170. The van der Waals surface area contributed by atoms with Gasteiger partial charge in [-0.3, -0.25) is 14.6 Å². The molecule has 11 heteroatoms. The van der Waals surface area contributed by atoms with Gasteiger partial charge in [0.1, 0.15) is 11.6 Å². The fourth-order valence-electron chi connectivity index (χ4n) is 3.77. The standard InChI is InChI=1S/C22H28FN7O2S/c1-16(2)33(31,32)27-22-5-3-4-21(25-22)17-8-10-29(11-9-17)13-20-15-30(28-26-20)14-19-7-6-18(23)12-24-19/h3-7,12,15-17H,8-11,13-14H2,1-2H3,(H,25,27). The van der Waals surface area contributed by atoms with Crippen LogP contribution in [0, 0.1) is 5.82 Å². The zero-order valence-electron chi connectivity index (χ0n) is 18.7. The Labute approximate surface area is 193 Å². The molecule has 176 valence electrons. The minimum atomic E-state index is -3.42. The topological polar surface area (TPSA) is 106 Å². The second kappa shape index (κ2) is 9.92. The molecule has 1 N–H and O–H groups in total. The molecule has 3 aromatic heterocycles. The van der Waals surface area contributed by atoms with E-state index in [1.165, 1.54) is 12.3 Å². The summed E-state index contributed by atoms with van der Waals surface area (Å²) in [5, 5.41) is 7.89. The van der Waals surface area contributed by atoms with Gasteiger partial charge in [0.05, 0.1) is 35.6 Å². The first-order valence-electron chi connectivity index (χ1n) is 11.0. The largest absolute Gasteiger partial charge is 0.297 e. The van der Waals surface area contributed by atoms with Crippen LogP contribution in [0.3, 0.4) is 0 Å². The predicted molar refractivity (Wildman–Crippen MR) is 122 cm³/mol.